The number of pyridine rings is 1. The Morgan fingerprint density at radius 1 is 0.659 bits per heavy atom. The van der Waals surface area contributed by atoms with Crippen LogP contribution in [0.1, 0.15) is 30.7 Å². The highest BCUT2D eigenvalue weighted by atomic mass is 79.9. The molecular formula is C37H53BrN4S2+2. The van der Waals surface area contributed by atoms with E-state index in [4.69, 9.17) is 0 Å². The Labute approximate surface area is 287 Å². The van der Waals surface area contributed by atoms with E-state index in [1.165, 1.54) is 28.2 Å². The number of nitrogens with one attached hydrogen (secondary N) is 1. The van der Waals surface area contributed by atoms with Crippen LogP contribution in [-0.2, 0) is 6.54 Å². The molecule has 3 aromatic rings. The lowest BCUT2D eigenvalue weighted by atomic mass is 10.1. The minimum atomic E-state index is 0.840. The lowest BCUT2D eigenvalue weighted by Crippen LogP contribution is -2.69. The van der Waals surface area contributed by atoms with Crippen molar-refractivity contribution in [3.8, 4) is 0 Å². The summed E-state index contributed by atoms with van der Waals surface area (Å²) in [5.74, 6) is 3.50. The summed E-state index contributed by atoms with van der Waals surface area (Å²) in [6, 6.07) is 23.2. The molecule has 0 aliphatic carbocycles. The van der Waals surface area contributed by atoms with Gasteiger partial charge in [-0.2, -0.15) is 29.8 Å². The van der Waals surface area contributed by atoms with Gasteiger partial charge in [0.25, 0.3) is 0 Å². The number of allylic oxidation sites excluding steroid dienone is 5. The van der Waals surface area contributed by atoms with Crippen molar-refractivity contribution in [3.63, 3.8) is 0 Å². The first kappa shape index (κ1) is 41.0. The molecule has 0 saturated carbocycles. The molecule has 1 heterocycles. The topological polar surface area (TPSA) is 24.3 Å². The van der Waals surface area contributed by atoms with Gasteiger partial charge < -0.3 is 9.80 Å². The molecule has 238 valence electrons. The maximum Gasteiger partial charge on any atom is 0.205 e. The van der Waals surface area contributed by atoms with E-state index in [0.29, 0.717) is 0 Å². The number of thiol groups is 2. The smallest absolute Gasteiger partial charge is 0.205 e. The summed E-state index contributed by atoms with van der Waals surface area (Å²) in [6.07, 6.45) is 20.4. The van der Waals surface area contributed by atoms with Crippen LogP contribution in [0.4, 0.5) is 11.4 Å². The third kappa shape index (κ3) is 18.6. The summed E-state index contributed by atoms with van der Waals surface area (Å²) in [5.41, 5.74) is 6.03. The zero-order chi connectivity index (χ0) is 33.0. The maximum absolute atomic E-state index is 4.30. The molecule has 0 fully saturated rings. The van der Waals surface area contributed by atoms with Gasteiger partial charge in [-0.15, -0.1) is 0 Å². The molecule has 44 heavy (non-hydrogen) atoms. The van der Waals surface area contributed by atoms with Gasteiger partial charge in [0.2, 0.25) is 5.69 Å². The fourth-order valence-corrected chi connectivity index (χ4v) is 3.88. The second kappa shape index (κ2) is 27.5. The fourth-order valence-electron chi connectivity index (χ4n) is 3.53. The van der Waals surface area contributed by atoms with Gasteiger partial charge in [0.1, 0.15) is 6.54 Å². The highest BCUT2D eigenvalue weighted by Gasteiger charge is 2.04. The third-order valence-electron chi connectivity index (χ3n) is 5.79. The SMILES string of the molecule is CBr.CC.CN(C)c1ccc(/C=C/C=C/C=C\C=[NH+]CCS)cc1.CN(C)c1ccc(/C=C/c2cccc[n+]2CCS)cc1. The number of aryl methyl sites for hydroxylation is 1. The van der Waals surface area contributed by atoms with E-state index in [-0.39, 0.29) is 0 Å². The number of benzene rings is 2. The number of halogens is 1. The third-order valence-corrected chi connectivity index (χ3v) is 6.21. The Morgan fingerprint density at radius 3 is 1.70 bits per heavy atom. The number of nitrogens with zero attached hydrogens (tertiary/aromatic N) is 3. The number of rotatable bonds is 12. The summed E-state index contributed by atoms with van der Waals surface area (Å²) in [5, 5.41) is 0. The number of aromatic nitrogens is 1. The quantitative estimate of drug-likeness (QED) is 0.0617. The standard InChI is InChI=1S/C17H20N2S.C17H22N2S.C2H6.CH3Br/c1-18(2)16-9-6-15(7-10-16)8-11-17-5-3-4-12-19(17)13-14-20;1-19(2)17-11-9-16(10-12-17)8-6-4-3-5-7-13-18-14-15-20;2*1-2/h3-12H,13-14H2,1-2H3;3-13,20H,14-15H2,1-2H3;1-2H3;1H3/p+2/b;4-3+,7-5-,8-6+,18-13?;;. The zero-order valence-electron chi connectivity index (χ0n) is 27.6. The summed E-state index contributed by atoms with van der Waals surface area (Å²) >= 11 is 11.3. The van der Waals surface area contributed by atoms with Crippen molar-refractivity contribution >= 4 is 77.0 Å². The molecule has 0 unspecified atom stereocenters. The average molecular weight is 698 g/mol. The van der Waals surface area contributed by atoms with Crippen molar-refractivity contribution in [1.82, 2.24) is 0 Å². The molecule has 1 N–H and O–H groups in total. The highest BCUT2D eigenvalue weighted by molar-refractivity contribution is 9.08. The Bertz CT molecular complexity index is 1260. The van der Waals surface area contributed by atoms with Gasteiger partial charge in [-0.05, 0) is 53.4 Å². The van der Waals surface area contributed by atoms with Crippen LogP contribution in [0.3, 0.4) is 0 Å². The second-order valence-corrected chi connectivity index (χ2v) is 10.2. The molecule has 0 aliphatic rings. The monoisotopic (exact) mass is 696 g/mol. The van der Waals surface area contributed by atoms with Gasteiger partial charge in [0.15, 0.2) is 19.0 Å². The number of hydrogen-bond acceptors (Lipinski definition) is 4. The molecule has 0 radical (unpaired) electrons. The van der Waals surface area contributed by atoms with Crippen LogP contribution in [0, 0.1) is 0 Å². The largest absolute Gasteiger partial charge is 0.378 e. The van der Waals surface area contributed by atoms with E-state index >= 15 is 0 Å². The molecule has 2 aromatic carbocycles. The van der Waals surface area contributed by atoms with Crippen LogP contribution < -0.4 is 19.4 Å². The van der Waals surface area contributed by atoms with Crippen LogP contribution in [0.5, 0.6) is 0 Å². The van der Waals surface area contributed by atoms with Gasteiger partial charge in [-0.3, -0.25) is 0 Å². The summed E-state index contributed by atoms with van der Waals surface area (Å²) < 4.78 is 2.21. The molecule has 0 amide bonds. The maximum atomic E-state index is 4.30. The number of hydrogen-bond donors (Lipinski definition) is 3. The normalized spacial score (nSPS) is 10.9. The molecule has 4 nitrogen and oxygen atoms in total. The van der Waals surface area contributed by atoms with E-state index in [1.807, 2.05) is 76.4 Å². The highest BCUT2D eigenvalue weighted by Crippen LogP contribution is 2.14. The predicted octanol–water partition coefficient (Wildman–Crippen LogP) is 7.14. The van der Waals surface area contributed by atoms with Crippen molar-refractivity contribution in [2.75, 3.05) is 61.9 Å². The summed E-state index contributed by atoms with van der Waals surface area (Å²) in [6.45, 7) is 5.81. The Kier molecular flexibility index (Phi) is 25.7. The lowest BCUT2D eigenvalue weighted by molar-refractivity contribution is -0.694. The van der Waals surface area contributed by atoms with E-state index in [0.717, 1.165) is 24.6 Å². The van der Waals surface area contributed by atoms with Crippen molar-refractivity contribution in [3.05, 3.63) is 120 Å². The fraction of sp³-hybridized carbons (Fsp3) is 0.297. The van der Waals surface area contributed by atoms with Gasteiger partial charge >= 0.3 is 0 Å². The zero-order valence-corrected chi connectivity index (χ0v) is 30.9. The van der Waals surface area contributed by atoms with Gasteiger partial charge in [0.05, 0.1) is 0 Å². The van der Waals surface area contributed by atoms with E-state index < -0.39 is 0 Å². The molecule has 7 heteroatoms. The van der Waals surface area contributed by atoms with Crippen molar-refractivity contribution in [1.29, 1.82) is 0 Å². The molecule has 0 bridgehead atoms. The van der Waals surface area contributed by atoms with Crippen LogP contribution in [0.25, 0.3) is 18.2 Å². The number of anilines is 2. The van der Waals surface area contributed by atoms with Gasteiger partial charge in [-0.1, -0.05) is 84.4 Å². The van der Waals surface area contributed by atoms with Crippen LogP contribution in [-0.4, -0.2) is 58.3 Å². The first-order valence-corrected chi connectivity index (χ1v) is 17.7. The van der Waals surface area contributed by atoms with Crippen LogP contribution >= 0.6 is 41.2 Å². The van der Waals surface area contributed by atoms with E-state index in [1.54, 1.807) is 0 Å². The molecular weight excluding hydrogens is 644 g/mol. The molecule has 0 spiro atoms. The van der Waals surface area contributed by atoms with Crippen LogP contribution in [0.15, 0.2) is 103 Å². The summed E-state index contributed by atoms with van der Waals surface area (Å²) in [7, 11) is 8.19. The second-order valence-electron chi connectivity index (χ2n) is 9.32. The van der Waals surface area contributed by atoms with Crippen molar-refractivity contribution in [2.45, 2.75) is 20.4 Å². The van der Waals surface area contributed by atoms with Crippen molar-refractivity contribution in [2.24, 2.45) is 0 Å². The van der Waals surface area contributed by atoms with Gasteiger partial charge in [0, 0.05) is 75.4 Å². The molecule has 1 aromatic heterocycles. The minimum Gasteiger partial charge on any atom is -0.378 e. The van der Waals surface area contributed by atoms with Crippen LogP contribution in [0.2, 0.25) is 0 Å². The van der Waals surface area contributed by atoms with Gasteiger partial charge in [-0.25, -0.2) is 4.99 Å². The molecule has 0 atom stereocenters. The summed E-state index contributed by atoms with van der Waals surface area (Å²) in [4.78, 5) is 7.32. The lowest BCUT2D eigenvalue weighted by Gasteiger charge is -2.11. The molecule has 0 aliphatic heterocycles. The first-order chi connectivity index (χ1) is 21.4. The predicted molar refractivity (Wildman–Crippen MR) is 210 cm³/mol. The Hall–Kier alpha value is -3.00. The Balaban J connectivity index is 0.000000755. The first-order valence-electron chi connectivity index (χ1n) is 14.8. The number of alkyl halides is 1. The minimum absolute atomic E-state index is 0.840. The van der Waals surface area contributed by atoms with E-state index in [9.17, 15) is 0 Å². The molecule has 3 rings (SSSR count). The van der Waals surface area contributed by atoms with E-state index in [2.05, 4.69) is 160 Å². The Morgan fingerprint density at radius 2 is 1.18 bits per heavy atom. The average Bonchev–Trinajstić information content (AvgIpc) is 3.06. The van der Waals surface area contributed by atoms with Crippen molar-refractivity contribution < 1.29 is 9.56 Å². The molecule has 0 saturated heterocycles.